The number of hydrogen-bond donors (Lipinski definition) is 0. The zero-order valence-electron chi connectivity index (χ0n) is 13.7. The zero-order valence-corrected chi connectivity index (χ0v) is 14.6. The van der Waals surface area contributed by atoms with Crippen LogP contribution in [0.2, 0.25) is 0 Å². The molecule has 0 bridgehead atoms. The van der Waals surface area contributed by atoms with E-state index in [0.717, 1.165) is 5.92 Å². The summed E-state index contributed by atoms with van der Waals surface area (Å²) in [4.78, 5) is 0. The van der Waals surface area contributed by atoms with Gasteiger partial charge in [-0.1, -0.05) is 66.0 Å². The average Bonchev–Trinajstić information content (AvgIpc) is 2.30. The van der Waals surface area contributed by atoms with E-state index in [0.29, 0.717) is 5.41 Å². The van der Waals surface area contributed by atoms with Crippen LogP contribution >= 0.6 is 7.92 Å². The van der Waals surface area contributed by atoms with Gasteiger partial charge in [-0.3, -0.25) is 0 Å². The summed E-state index contributed by atoms with van der Waals surface area (Å²) >= 11 is 0. The third kappa shape index (κ3) is 8.30. The molecule has 0 saturated heterocycles. The SMILES string of the molecule is C=C(CCP(C)CCC(CC)CCC)C(C)(C)C. The van der Waals surface area contributed by atoms with Gasteiger partial charge < -0.3 is 0 Å². The van der Waals surface area contributed by atoms with Gasteiger partial charge in [-0.15, -0.1) is 7.92 Å². The predicted octanol–water partition coefficient (Wildman–Crippen LogP) is 6.31. The largest absolute Gasteiger partial charge is 0.110 e. The summed E-state index contributed by atoms with van der Waals surface area (Å²) in [5, 5.41) is 0. The second-order valence-corrected chi connectivity index (χ2v) is 9.37. The molecule has 2 unspecified atom stereocenters. The topological polar surface area (TPSA) is 0 Å². The van der Waals surface area contributed by atoms with Crippen molar-refractivity contribution in [2.75, 3.05) is 19.0 Å². The van der Waals surface area contributed by atoms with Crippen molar-refractivity contribution in [3.63, 3.8) is 0 Å². The summed E-state index contributed by atoms with van der Waals surface area (Å²) in [5.41, 5.74) is 1.72. The first kappa shape index (κ1) is 18.2. The highest BCUT2D eigenvalue weighted by atomic mass is 31.1. The van der Waals surface area contributed by atoms with E-state index in [1.807, 2.05) is 0 Å². The molecule has 0 fully saturated rings. The van der Waals surface area contributed by atoms with Crippen molar-refractivity contribution in [1.82, 2.24) is 0 Å². The van der Waals surface area contributed by atoms with Crippen molar-refractivity contribution < 1.29 is 0 Å². The van der Waals surface area contributed by atoms with Crippen LogP contribution in [0.1, 0.15) is 66.7 Å². The number of allylic oxidation sites excluding steroid dienone is 1. The standard InChI is InChI=1S/C17H35P/c1-8-10-16(9-2)12-14-18(7)13-11-15(3)17(4,5)6/h16H,3,8-14H2,1-2,4-7H3. The Morgan fingerprint density at radius 1 is 1.11 bits per heavy atom. The summed E-state index contributed by atoms with van der Waals surface area (Å²) in [6.45, 7) is 18.2. The van der Waals surface area contributed by atoms with Crippen molar-refractivity contribution in [3.05, 3.63) is 12.2 Å². The van der Waals surface area contributed by atoms with E-state index in [4.69, 9.17) is 0 Å². The van der Waals surface area contributed by atoms with Gasteiger partial charge in [0.1, 0.15) is 0 Å². The fourth-order valence-electron chi connectivity index (χ4n) is 2.18. The Hall–Kier alpha value is 0.170. The molecule has 0 aliphatic carbocycles. The second-order valence-electron chi connectivity index (χ2n) is 6.76. The summed E-state index contributed by atoms with van der Waals surface area (Å²) < 4.78 is 0. The van der Waals surface area contributed by atoms with Crippen LogP contribution in [-0.2, 0) is 0 Å². The summed E-state index contributed by atoms with van der Waals surface area (Å²) in [6, 6.07) is 0. The Morgan fingerprint density at radius 3 is 2.17 bits per heavy atom. The highest BCUT2D eigenvalue weighted by Crippen LogP contribution is 2.37. The molecule has 0 N–H and O–H groups in total. The predicted molar refractivity (Wildman–Crippen MR) is 89.1 cm³/mol. The molecule has 0 heterocycles. The minimum absolute atomic E-state index is 0.230. The molecule has 0 aromatic carbocycles. The van der Waals surface area contributed by atoms with Crippen LogP contribution < -0.4 is 0 Å². The van der Waals surface area contributed by atoms with Crippen molar-refractivity contribution in [3.8, 4) is 0 Å². The van der Waals surface area contributed by atoms with E-state index < -0.39 is 0 Å². The molecule has 0 spiro atoms. The van der Waals surface area contributed by atoms with E-state index in [1.54, 1.807) is 0 Å². The van der Waals surface area contributed by atoms with Gasteiger partial charge in [0.25, 0.3) is 0 Å². The molecule has 2 atom stereocenters. The molecule has 108 valence electrons. The first-order chi connectivity index (χ1) is 8.31. The van der Waals surface area contributed by atoms with Gasteiger partial charge in [0.2, 0.25) is 0 Å². The Labute approximate surface area is 117 Å². The minimum Gasteiger partial charge on any atom is -0.110 e. The average molecular weight is 270 g/mol. The van der Waals surface area contributed by atoms with Gasteiger partial charge in [0.05, 0.1) is 0 Å². The highest BCUT2D eigenvalue weighted by Gasteiger charge is 2.15. The first-order valence-electron chi connectivity index (χ1n) is 7.68. The van der Waals surface area contributed by atoms with Crippen LogP contribution in [0, 0.1) is 11.3 Å². The molecule has 0 amide bonds. The molecule has 0 aromatic heterocycles. The van der Waals surface area contributed by atoms with Crippen molar-refractivity contribution in [2.45, 2.75) is 66.7 Å². The normalized spacial score (nSPS) is 15.4. The zero-order chi connectivity index (χ0) is 14.2. The molecule has 0 aromatic rings. The van der Waals surface area contributed by atoms with Crippen molar-refractivity contribution in [1.29, 1.82) is 0 Å². The van der Waals surface area contributed by atoms with Crippen LogP contribution in [0.5, 0.6) is 0 Å². The molecule has 0 aliphatic rings. The molecule has 18 heavy (non-hydrogen) atoms. The third-order valence-electron chi connectivity index (χ3n) is 4.05. The Kier molecular flexibility index (Phi) is 9.22. The molecular weight excluding hydrogens is 235 g/mol. The van der Waals surface area contributed by atoms with Crippen molar-refractivity contribution >= 4 is 7.92 Å². The molecule has 0 saturated carbocycles. The lowest BCUT2D eigenvalue weighted by atomic mass is 9.86. The van der Waals surface area contributed by atoms with E-state index >= 15 is 0 Å². The van der Waals surface area contributed by atoms with Gasteiger partial charge in [0, 0.05) is 0 Å². The van der Waals surface area contributed by atoms with Crippen LogP contribution in [0.4, 0.5) is 0 Å². The summed E-state index contributed by atoms with van der Waals surface area (Å²) in [5.74, 6) is 0.978. The number of hydrogen-bond acceptors (Lipinski definition) is 0. The van der Waals surface area contributed by atoms with Gasteiger partial charge in [-0.25, -0.2) is 0 Å². The molecule has 1 heteroatoms. The Balaban J connectivity index is 3.84. The monoisotopic (exact) mass is 270 g/mol. The van der Waals surface area contributed by atoms with Crippen LogP contribution in [0.25, 0.3) is 0 Å². The van der Waals surface area contributed by atoms with E-state index in [-0.39, 0.29) is 7.92 Å². The Morgan fingerprint density at radius 2 is 1.72 bits per heavy atom. The van der Waals surface area contributed by atoms with Crippen LogP contribution in [0.3, 0.4) is 0 Å². The van der Waals surface area contributed by atoms with E-state index in [9.17, 15) is 0 Å². The smallest absolute Gasteiger partial charge is 0.0176 e. The van der Waals surface area contributed by atoms with Gasteiger partial charge in [0.15, 0.2) is 0 Å². The van der Waals surface area contributed by atoms with Gasteiger partial charge >= 0.3 is 0 Å². The quantitative estimate of drug-likeness (QED) is 0.340. The van der Waals surface area contributed by atoms with Crippen LogP contribution in [-0.4, -0.2) is 19.0 Å². The number of rotatable bonds is 9. The highest BCUT2D eigenvalue weighted by molar-refractivity contribution is 7.56. The maximum absolute atomic E-state index is 4.25. The summed E-state index contributed by atoms with van der Waals surface area (Å²) in [6.07, 6.45) is 9.67. The summed E-state index contributed by atoms with van der Waals surface area (Å²) in [7, 11) is 0.230. The molecule has 0 aliphatic heterocycles. The molecular formula is C17H35P. The van der Waals surface area contributed by atoms with E-state index in [1.165, 1.54) is 50.0 Å². The lowest BCUT2D eigenvalue weighted by Gasteiger charge is -2.24. The van der Waals surface area contributed by atoms with Gasteiger partial charge in [-0.2, -0.15) is 0 Å². The molecule has 0 nitrogen and oxygen atoms in total. The van der Waals surface area contributed by atoms with Crippen LogP contribution in [0.15, 0.2) is 12.2 Å². The van der Waals surface area contributed by atoms with Gasteiger partial charge in [-0.05, 0) is 43.2 Å². The second kappa shape index (κ2) is 9.13. The lowest BCUT2D eigenvalue weighted by Crippen LogP contribution is -2.09. The fraction of sp³-hybridized carbons (Fsp3) is 0.882. The third-order valence-corrected chi connectivity index (χ3v) is 6.06. The Bertz CT molecular complexity index is 224. The molecule has 0 rings (SSSR count). The maximum atomic E-state index is 4.25. The fourth-order valence-corrected chi connectivity index (χ4v) is 3.86. The maximum Gasteiger partial charge on any atom is -0.0176 e. The lowest BCUT2D eigenvalue weighted by molar-refractivity contribution is 0.453. The molecule has 0 radical (unpaired) electrons. The van der Waals surface area contributed by atoms with Crippen molar-refractivity contribution in [2.24, 2.45) is 11.3 Å². The first-order valence-corrected chi connectivity index (χ1v) is 9.84. The van der Waals surface area contributed by atoms with E-state index in [2.05, 4.69) is 47.9 Å². The minimum atomic E-state index is 0.230.